The largest absolute Gasteiger partial charge is 0.491 e. The monoisotopic (exact) mass is 472 g/mol. The molecule has 1 heterocycles. The maximum absolute atomic E-state index is 12.0. The molecule has 1 aromatic carbocycles. The Balaban J connectivity index is 1.52. The van der Waals surface area contributed by atoms with Gasteiger partial charge in [0.15, 0.2) is 5.75 Å². The molecule has 2 N–H and O–H groups in total. The number of hydrogen-bond donors (Lipinski definition) is 2. The lowest BCUT2D eigenvalue weighted by atomic mass is 10.1. The minimum Gasteiger partial charge on any atom is -0.491 e. The Hall–Kier alpha value is -2.91. The first-order chi connectivity index (χ1) is 16.2. The van der Waals surface area contributed by atoms with Crippen LogP contribution < -0.4 is 20.1 Å². The molecule has 1 fully saturated rings. The predicted octanol–water partition coefficient (Wildman–Crippen LogP) is 3.57. The molecule has 9 heteroatoms. The molecule has 0 bridgehead atoms. The number of carbonyl (C=O) groups is 1. The highest BCUT2D eigenvalue weighted by Gasteiger charge is 2.34. The molecule has 3 rings (SSSR count). The fourth-order valence-electron chi connectivity index (χ4n) is 4.13. The van der Waals surface area contributed by atoms with Crippen LogP contribution in [0.15, 0.2) is 30.3 Å². The van der Waals surface area contributed by atoms with E-state index in [0.29, 0.717) is 24.2 Å². The highest BCUT2D eigenvalue weighted by molar-refractivity contribution is 5.67. The van der Waals surface area contributed by atoms with Gasteiger partial charge in [-0.05, 0) is 39.2 Å². The van der Waals surface area contributed by atoms with Crippen molar-refractivity contribution in [2.75, 3.05) is 27.9 Å². The SMILES string of the molecule is COc1cc(-c2ccc(CN[C@@H]3C[C@@H](CNC(=O)OC(C)(C)C)[C@H](OC)C3)cc2)nnc1OC. The molecule has 2 aromatic rings. The van der Waals surface area contributed by atoms with E-state index < -0.39 is 11.7 Å². The van der Waals surface area contributed by atoms with Crippen LogP contribution in [0.5, 0.6) is 11.6 Å². The summed E-state index contributed by atoms with van der Waals surface area (Å²) >= 11 is 0. The molecule has 0 unspecified atom stereocenters. The van der Waals surface area contributed by atoms with Crippen LogP contribution in [-0.2, 0) is 16.0 Å². The quantitative estimate of drug-likeness (QED) is 0.571. The van der Waals surface area contributed by atoms with Gasteiger partial charge in [-0.2, -0.15) is 0 Å². The van der Waals surface area contributed by atoms with E-state index >= 15 is 0 Å². The number of hydrogen-bond acceptors (Lipinski definition) is 8. The van der Waals surface area contributed by atoms with Crippen molar-refractivity contribution in [3.8, 4) is 22.9 Å². The number of nitrogens with one attached hydrogen (secondary N) is 2. The van der Waals surface area contributed by atoms with Crippen LogP contribution in [0.3, 0.4) is 0 Å². The third-order valence-electron chi connectivity index (χ3n) is 5.83. The number of carbonyl (C=O) groups excluding carboxylic acids is 1. The fraction of sp³-hybridized carbons (Fsp3) is 0.560. The van der Waals surface area contributed by atoms with Gasteiger partial charge in [0.05, 0.1) is 26.0 Å². The van der Waals surface area contributed by atoms with Crippen molar-refractivity contribution in [3.05, 3.63) is 35.9 Å². The van der Waals surface area contributed by atoms with Crippen molar-refractivity contribution in [2.24, 2.45) is 5.92 Å². The van der Waals surface area contributed by atoms with Crippen LogP contribution >= 0.6 is 0 Å². The van der Waals surface area contributed by atoms with Gasteiger partial charge in [-0.3, -0.25) is 0 Å². The maximum atomic E-state index is 12.0. The topological polar surface area (TPSA) is 104 Å². The minimum absolute atomic E-state index is 0.0958. The molecule has 9 nitrogen and oxygen atoms in total. The first kappa shape index (κ1) is 25.7. The summed E-state index contributed by atoms with van der Waals surface area (Å²) in [4.78, 5) is 12.0. The molecule has 1 aliphatic rings. The molecular weight excluding hydrogens is 436 g/mol. The van der Waals surface area contributed by atoms with Crippen molar-refractivity contribution >= 4 is 6.09 Å². The number of methoxy groups -OCH3 is 3. The molecular formula is C25H36N4O5. The Morgan fingerprint density at radius 1 is 1.06 bits per heavy atom. The number of nitrogens with zero attached hydrogens (tertiary/aromatic N) is 2. The highest BCUT2D eigenvalue weighted by atomic mass is 16.6. The molecule has 3 atom stereocenters. The smallest absolute Gasteiger partial charge is 0.407 e. The van der Waals surface area contributed by atoms with Gasteiger partial charge in [0.1, 0.15) is 5.60 Å². The molecule has 186 valence electrons. The van der Waals surface area contributed by atoms with Crippen LogP contribution in [0.4, 0.5) is 4.79 Å². The summed E-state index contributed by atoms with van der Waals surface area (Å²) in [6.07, 6.45) is 1.53. The van der Waals surface area contributed by atoms with Crippen LogP contribution in [-0.4, -0.2) is 61.9 Å². The predicted molar refractivity (Wildman–Crippen MR) is 129 cm³/mol. The Kier molecular flexibility index (Phi) is 8.68. The van der Waals surface area contributed by atoms with E-state index in [0.717, 1.165) is 30.6 Å². The lowest BCUT2D eigenvalue weighted by molar-refractivity contribution is 0.0456. The second kappa shape index (κ2) is 11.5. The second-order valence-electron chi connectivity index (χ2n) is 9.47. The molecule has 1 saturated carbocycles. The van der Waals surface area contributed by atoms with Gasteiger partial charge in [0.25, 0.3) is 5.88 Å². The van der Waals surface area contributed by atoms with Crippen molar-refractivity contribution in [1.82, 2.24) is 20.8 Å². The van der Waals surface area contributed by atoms with Crippen LogP contribution in [0.1, 0.15) is 39.2 Å². The molecule has 1 aliphatic carbocycles. The molecule has 0 radical (unpaired) electrons. The summed E-state index contributed by atoms with van der Waals surface area (Å²) in [5.74, 6) is 1.14. The second-order valence-corrected chi connectivity index (χ2v) is 9.47. The summed E-state index contributed by atoms with van der Waals surface area (Å²) in [7, 11) is 4.84. The summed E-state index contributed by atoms with van der Waals surface area (Å²) in [5, 5.41) is 14.8. The third kappa shape index (κ3) is 7.04. The number of benzene rings is 1. The fourth-order valence-corrected chi connectivity index (χ4v) is 4.13. The number of rotatable bonds is 9. The average Bonchev–Trinajstić information content (AvgIpc) is 3.22. The van der Waals surface area contributed by atoms with Gasteiger partial charge in [-0.15, -0.1) is 10.2 Å². The minimum atomic E-state index is -0.508. The van der Waals surface area contributed by atoms with E-state index in [4.69, 9.17) is 18.9 Å². The van der Waals surface area contributed by atoms with Gasteiger partial charge < -0.3 is 29.6 Å². The summed E-state index contributed by atoms with van der Waals surface area (Å²) < 4.78 is 21.5. The number of amides is 1. The van der Waals surface area contributed by atoms with E-state index in [1.807, 2.05) is 39.0 Å². The Labute approximate surface area is 201 Å². The van der Waals surface area contributed by atoms with Crippen molar-refractivity contribution in [3.63, 3.8) is 0 Å². The van der Waals surface area contributed by atoms with E-state index in [1.54, 1.807) is 14.2 Å². The van der Waals surface area contributed by atoms with Gasteiger partial charge in [-0.1, -0.05) is 24.3 Å². The maximum Gasteiger partial charge on any atom is 0.407 e. The zero-order chi connectivity index (χ0) is 24.7. The average molecular weight is 473 g/mol. The van der Waals surface area contributed by atoms with E-state index in [2.05, 4.69) is 33.0 Å². The van der Waals surface area contributed by atoms with Crippen molar-refractivity contribution in [1.29, 1.82) is 0 Å². The third-order valence-corrected chi connectivity index (χ3v) is 5.83. The van der Waals surface area contributed by atoms with Gasteiger partial charge >= 0.3 is 6.09 Å². The first-order valence-electron chi connectivity index (χ1n) is 11.5. The molecule has 1 amide bonds. The molecule has 1 aromatic heterocycles. The highest BCUT2D eigenvalue weighted by Crippen LogP contribution is 2.29. The van der Waals surface area contributed by atoms with E-state index in [9.17, 15) is 4.79 Å². The number of ether oxygens (including phenoxy) is 4. The van der Waals surface area contributed by atoms with Crippen molar-refractivity contribution in [2.45, 2.75) is 57.9 Å². The van der Waals surface area contributed by atoms with E-state index in [-0.39, 0.29) is 12.0 Å². The normalized spacial score (nSPS) is 20.1. The lowest BCUT2D eigenvalue weighted by Gasteiger charge is -2.22. The van der Waals surface area contributed by atoms with Crippen LogP contribution in [0.2, 0.25) is 0 Å². The van der Waals surface area contributed by atoms with Crippen LogP contribution in [0, 0.1) is 5.92 Å². The van der Waals surface area contributed by atoms with E-state index in [1.165, 1.54) is 12.7 Å². The molecule has 34 heavy (non-hydrogen) atoms. The summed E-state index contributed by atoms with van der Waals surface area (Å²) in [5.41, 5.74) is 2.33. The number of alkyl carbamates (subject to hydrolysis) is 1. The summed E-state index contributed by atoms with van der Waals surface area (Å²) in [6, 6.07) is 10.3. The zero-order valence-electron chi connectivity index (χ0n) is 20.9. The first-order valence-corrected chi connectivity index (χ1v) is 11.5. The zero-order valence-corrected chi connectivity index (χ0v) is 20.9. The lowest BCUT2D eigenvalue weighted by Crippen LogP contribution is -2.37. The van der Waals surface area contributed by atoms with Crippen molar-refractivity contribution < 1.29 is 23.7 Å². The Morgan fingerprint density at radius 2 is 1.79 bits per heavy atom. The van der Waals surface area contributed by atoms with Gasteiger partial charge in [0, 0.05) is 43.8 Å². The van der Waals surface area contributed by atoms with Gasteiger partial charge in [-0.25, -0.2) is 4.79 Å². The Bertz CT molecular complexity index is 945. The standard InChI is InChI=1S/C25H36N4O5/c1-25(2,3)34-24(30)27-15-18-11-19(12-21(18)31-4)26-14-16-7-9-17(10-8-16)20-13-22(32-5)23(33-6)29-28-20/h7-10,13,18-19,21,26H,11-12,14-15H2,1-6H3,(H,27,30)/t18-,19+,21+/m0/s1. The number of aromatic nitrogens is 2. The molecule has 0 saturated heterocycles. The molecule has 0 aliphatic heterocycles. The summed E-state index contributed by atoms with van der Waals surface area (Å²) in [6.45, 7) is 6.84. The van der Waals surface area contributed by atoms with Crippen LogP contribution in [0.25, 0.3) is 11.3 Å². The Morgan fingerprint density at radius 3 is 2.41 bits per heavy atom. The molecule has 0 spiro atoms. The van der Waals surface area contributed by atoms with Gasteiger partial charge in [0.2, 0.25) is 0 Å².